The fraction of sp³-hybridized carbons (Fsp3) is 0.286. The fourth-order valence-electron chi connectivity index (χ4n) is 1.77. The van der Waals surface area contributed by atoms with Crippen LogP contribution in [-0.2, 0) is 16.1 Å². The van der Waals surface area contributed by atoms with Crippen LogP contribution in [0.15, 0.2) is 29.4 Å². The Morgan fingerprint density at radius 2 is 2.19 bits per heavy atom. The molecule has 0 saturated carbocycles. The van der Waals surface area contributed by atoms with Crippen molar-refractivity contribution in [3.05, 3.63) is 40.8 Å². The van der Waals surface area contributed by atoms with Gasteiger partial charge in [-0.15, -0.1) is 0 Å². The molecule has 1 aromatic carbocycles. The highest BCUT2D eigenvalue weighted by Crippen LogP contribution is 2.25. The maximum absolute atomic E-state index is 13.8. The minimum atomic E-state index is -0.649. The first-order chi connectivity index (χ1) is 10.0. The van der Waals surface area contributed by atoms with Crippen molar-refractivity contribution in [1.29, 1.82) is 0 Å². The summed E-state index contributed by atoms with van der Waals surface area (Å²) in [6.07, 6.45) is 1.68. The summed E-state index contributed by atoms with van der Waals surface area (Å²) < 4.78 is 33.5. The molecule has 0 aliphatic heterocycles. The number of rotatable bonds is 4. The van der Waals surface area contributed by atoms with Crippen molar-refractivity contribution in [2.75, 3.05) is 13.7 Å². The summed E-state index contributed by atoms with van der Waals surface area (Å²) in [4.78, 5) is 16.1. The summed E-state index contributed by atoms with van der Waals surface area (Å²) >= 11 is 1.17. The molecule has 2 aromatic rings. The van der Waals surface area contributed by atoms with E-state index in [2.05, 4.69) is 4.99 Å². The molecule has 7 heteroatoms. The Bertz CT molecular complexity index is 722. The van der Waals surface area contributed by atoms with Gasteiger partial charge in [0, 0.05) is 38.4 Å². The van der Waals surface area contributed by atoms with Crippen molar-refractivity contribution in [2.45, 2.75) is 13.5 Å². The van der Waals surface area contributed by atoms with Gasteiger partial charge in [0.25, 0.3) is 0 Å². The molecule has 4 nitrogen and oxygen atoms in total. The Balaban J connectivity index is 2.50. The number of methoxy groups -OCH3 is 1. The highest BCUT2D eigenvalue weighted by molar-refractivity contribution is 7.12. The summed E-state index contributed by atoms with van der Waals surface area (Å²) in [6.45, 7) is 2.27. The highest BCUT2D eigenvalue weighted by Gasteiger charge is 2.11. The van der Waals surface area contributed by atoms with Gasteiger partial charge in [-0.2, -0.15) is 4.99 Å². The molecule has 1 heterocycles. The predicted molar refractivity (Wildman–Crippen MR) is 75.8 cm³/mol. The fourth-order valence-corrected chi connectivity index (χ4v) is 2.85. The topological polar surface area (TPSA) is 43.6 Å². The van der Waals surface area contributed by atoms with Crippen LogP contribution in [-0.4, -0.2) is 24.2 Å². The van der Waals surface area contributed by atoms with Gasteiger partial charge in [0.15, 0.2) is 4.80 Å². The summed E-state index contributed by atoms with van der Waals surface area (Å²) in [7, 11) is 1.56. The Kier molecular flexibility index (Phi) is 4.98. The molecule has 0 atom stereocenters. The second-order valence-electron chi connectivity index (χ2n) is 4.32. The van der Waals surface area contributed by atoms with E-state index < -0.39 is 11.6 Å². The summed E-state index contributed by atoms with van der Waals surface area (Å²) in [5.41, 5.74) is 0.276. The van der Waals surface area contributed by atoms with Crippen LogP contribution < -0.4 is 4.80 Å². The van der Waals surface area contributed by atoms with E-state index in [1.807, 2.05) is 0 Å². The van der Waals surface area contributed by atoms with Crippen LogP contribution in [0.3, 0.4) is 0 Å². The van der Waals surface area contributed by atoms with E-state index in [0.717, 1.165) is 6.07 Å². The molecule has 0 aliphatic rings. The van der Waals surface area contributed by atoms with Gasteiger partial charge in [0.05, 0.1) is 11.5 Å². The van der Waals surface area contributed by atoms with Gasteiger partial charge in [0.1, 0.15) is 11.6 Å². The molecule has 0 fully saturated rings. The lowest BCUT2D eigenvalue weighted by molar-refractivity contribution is -0.116. The molecule has 0 spiro atoms. The number of carbonyl (C=O) groups excluding carboxylic acids is 1. The average Bonchev–Trinajstić information content (AvgIpc) is 2.78. The third-order valence-electron chi connectivity index (χ3n) is 2.71. The summed E-state index contributed by atoms with van der Waals surface area (Å²) in [5.74, 6) is -1.62. The van der Waals surface area contributed by atoms with Crippen molar-refractivity contribution in [3.8, 4) is 10.4 Å². The number of halogens is 2. The van der Waals surface area contributed by atoms with Gasteiger partial charge in [-0.1, -0.05) is 11.3 Å². The minimum absolute atomic E-state index is 0.276. The molecule has 1 aromatic heterocycles. The Morgan fingerprint density at radius 3 is 2.81 bits per heavy atom. The summed E-state index contributed by atoms with van der Waals surface area (Å²) in [6, 6.07) is 3.39. The Hall–Kier alpha value is -1.86. The van der Waals surface area contributed by atoms with Crippen molar-refractivity contribution in [3.63, 3.8) is 0 Å². The zero-order valence-electron chi connectivity index (χ0n) is 11.6. The molecule has 0 aliphatic carbocycles. The number of amides is 1. The van der Waals surface area contributed by atoms with E-state index in [1.54, 1.807) is 17.9 Å². The van der Waals surface area contributed by atoms with E-state index in [-0.39, 0.29) is 11.5 Å². The molecule has 0 bridgehead atoms. The van der Waals surface area contributed by atoms with Crippen LogP contribution in [0.5, 0.6) is 0 Å². The van der Waals surface area contributed by atoms with Crippen molar-refractivity contribution in [2.24, 2.45) is 4.99 Å². The van der Waals surface area contributed by atoms with Gasteiger partial charge in [-0.05, 0) is 12.1 Å². The number of hydrogen-bond donors (Lipinski definition) is 0. The SMILES string of the molecule is COCCn1cc(-c2ccc(F)cc2F)sc1=NC(C)=O. The number of benzene rings is 1. The predicted octanol–water partition coefficient (Wildman–Crippen LogP) is 2.59. The van der Waals surface area contributed by atoms with E-state index in [4.69, 9.17) is 4.74 Å². The number of thiazole rings is 1. The van der Waals surface area contributed by atoms with Crippen LogP contribution in [0.25, 0.3) is 10.4 Å². The van der Waals surface area contributed by atoms with Gasteiger partial charge in [-0.25, -0.2) is 8.78 Å². The standard InChI is InChI=1S/C14H14F2N2O2S/c1-9(19)17-14-18(5-6-20-2)8-13(21-14)11-4-3-10(15)7-12(11)16/h3-4,7-8H,5-6H2,1-2H3. The van der Waals surface area contributed by atoms with Crippen molar-refractivity contribution in [1.82, 2.24) is 4.57 Å². The third kappa shape index (κ3) is 3.83. The van der Waals surface area contributed by atoms with Gasteiger partial charge in [-0.3, -0.25) is 4.79 Å². The number of carbonyl (C=O) groups is 1. The molecule has 0 radical (unpaired) electrons. The maximum Gasteiger partial charge on any atom is 0.245 e. The first kappa shape index (κ1) is 15.5. The van der Waals surface area contributed by atoms with Crippen LogP contribution in [0.2, 0.25) is 0 Å². The lowest BCUT2D eigenvalue weighted by Gasteiger charge is -2.01. The number of hydrogen-bond acceptors (Lipinski definition) is 3. The van der Waals surface area contributed by atoms with Crippen LogP contribution in [0.4, 0.5) is 8.78 Å². The molecule has 1 amide bonds. The van der Waals surface area contributed by atoms with Gasteiger partial charge in [0.2, 0.25) is 5.91 Å². The Labute approximate surface area is 124 Å². The van der Waals surface area contributed by atoms with E-state index >= 15 is 0 Å². The normalized spacial score (nSPS) is 11.9. The first-order valence-electron chi connectivity index (χ1n) is 6.21. The van der Waals surface area contributed by atoms with Crippen molar-refractivity contribution >= 4 is 17.2 Å². The van der Waals surface area contributed by atoms with E-state index in [1.165, 1.54) is 30.4 Å². The van der Waals surface area contributed by atoms with Gasteiger partial charge >= 0.3 is 0 Å². The van der Waals surface area contributed by atoms with Gasteiger partial charge < -0.3 is 9.30 Å². The monoisotopic (exact) mass is 312 g/mol. The molecular formula is C14H14F2N2O2S. The zero-order chi connectivity index (χ0) is 15.4. The molecule has 0 N–H and O–H groups in total. The highest BCUT2D eigenvalue weighted by atomic mass is 32.1. The van der Waals surface area contributed by atoms with E-state index in [0.29, 0.717) is 22.8 Å². The van der Waals surface area contributed by atoms with Crippen LogP contribution >= 0.6 is 11.3 Å². The number of aromatic nitrogens is 1. The molecule has 2 rings (SSSR count). The molecule has 112 valence electrons. The number of ether oxygens (including phenoxy) is 1. The smallest absolute Gasteiger partial charge is 0.245 e. The quantitative estimate of drug-likeness (QED) is 0.871. The van der Waals surface area contributed by atoms with Crippen LogP contribution in [0, 0.1) is 11.6 Å². The third-order valence-corrected chi connectivity index (χ3v) is 3.76. The molecule has 0 saturated heterocycles. The number of nitrogens with zero attached hydrogens (tertiary/aromatic N) is 2. The lowest BCUT2D eigenvalue weighted by atomic mass is 10.2. The molecular weight excluding hydrogens is 298 g/mol. The van der Waals surface area contributed by atoms with Crippen molar-refractivity contribution < 1.29 is 18.3 Å². The zero-order valence-corrected chi connectivity index (χ0v) is 12.4. The second-order valence-corrected chi connectivity index (χ2v) is 5.33. The maximum atomic E-state index is 13.8. The van der Waals surface area contributed by atoms with Crippen LogP contribution in [0.1, 0.15) is 6.92 Å². The first-order valence-corrected chi connectivity index (χ1v) is 7.03. The largest absolute Gasteiger partial charge is 0.383 e. The average molecular weight is 312 g/mol. The lowest BCUT2D eigenvalue weighted by Crippen LogP contribution is -2.17. The van der Waals surface area contributed by atoms with E-state index in [9.17, 15) is 13.6 Å². The minimum Gasteiger partial charge on any atom is -0.383 e. The Morgan fingerprint density at radius 1 is 1.43 bits per heavy atom. The second kappa shape index (κ2) is 6.73. The molecule has 21 heavy (non-hydrogen) atoms. The molecule has 0 unspecified atom stereocenters. The summed E-state index contributed by atoms with van der Waals surface area (Å²) in [5, 5.41) is 0.